The van der Waals surface area contributed by atoms with Gasteiger partial charge in [-0.05, 0) is 68.8 Å². The van der Waals surface area contributed by atoms with E-state index in [1.54, 1.807) is 0 Å². The second kappa shape index (κ2) is 7.28. The van der Waals surface area contributed by atoms with Crippen molar-refractivity contribution in [2.24, 2.45) is 11.8 Å². The van der Waals surface area contributed by atoms with Gasteiger partial charge in [-0.2, -0.15) is 0 Å². The molecule has 29 heavy (non-hydrogen) atoms. The Morgan fingerprint density at radius 1 is 1.07 bits per heavy atom. The van der Waals surface area contributed by atoms with Gasteiger partial charge in [0.15, 0.2) is 0 Å². The van der Waals surface area contributed by atoms with Gasteiger partial charge in [-0.15, -0.1) is 0 Å². The van der Waals surface area contributed by atoms with Crippen molar-refractivity contribution in [2.45, 2.75) is 68.9 Å². The molecule has 3 aliphatic rings. The van der Waals surface area contributed by atoms with Gasteiger partial charge < -0.3 is 14.4 Å². The Bertz CT molecular complexity index is 859. The van der Waals surface area contributed by atoms with Crippen LogP contribution in [0.25, 0.3) is 0 Å². The number of carboxylic acid groups (broad SMARTS) is 1. The Morgan fingerprint density at radius 3 is 2.38 bits per heavy atom. The number of ether oxygens (including phenoxy) is 1. The van der Waals surface area contributed by atoms with Gasteiger partial charge in [-0.25, -0.2) is 4.98 Å². The highest BCUT2D eigenvalue weighted by molar-refractivity contribution is 5.81. The highest BCUT2D eigenvalue weighted by Gasteiger charge is 2.51. The molecule has 3 saturated carbocycles. The minimum absolute atomic E-state index is 0.464. The SMILES string of the molecule is O=C(O)[C@]1(c2ccccc2)CC[C@@](OCC2CC2)(c2nccn2CC2CC2)CC1. The molecule has 0 radical (unpaired) electrons. The van der Waals surface area contributed by atoms with Crippen molar-refractivity contribution in [3.05, 3.63) is 54.1 Å². The summed E-state index contributed by atoms with van der Waals surface area (Å²) in [7, 11) is 0. The zero-order valence-electron chi connectivity index (χ0n) is 16.9. The van der Waals surface area contributed by atoms with Gasteiger partial charge in [0.1, 0.15) is 11.4 Å². The molecule has 5 rings (SSSR count). The van der Waals surface area contributed by atoms with E-state index in [4.69, 9.17) is 9.72 Å². The van der Waals surface area contributed by atoms with E-state index in [9.17, 15) is 9.90 Å². The molecule has 0 aliphatic heterocycles. The molecule has 3 aliphatic carbocycles. The summed E-state index contributed by atoms with van der Waals surface area (Å²) in [5.74, 6) is 1.71. The normalized spacial score (nSPS) is 29.7. The number of carbonyl (C=O) groups is 1. The second-order valence-electron chi connectivity index (χ2n) is 9.35. The van der Waals surface area contributed by atoms with Gasteiger partial charge in [-0.1, -0.05) is 30.3 Å². The number of hydrogen-bond donors (Lipinski definition) is 1. The largest absolute Gasteiger partial charge is 0.481 e. The molecule has 0 unspecified atom stereocenters. The Labute approximate surface area is 172 Å². The Hall–Kier alpha value is -2.14. The maximum Gasteiger partial charge on any atom is 0.314 e. The van der Waals surface area contributed by atoms with Crippen molar-refractivity contribution >= 4 is 5.97 Å². The van der Waals surface area contributed by atoms with E-state index in [-0.39, 0.29) is 0 Å². The first kappa shape index (κ1) is 18.9. The Balaban J connectivity index is 1.44. The molecule has 2 aromatic rings. The molecule has 0 amide bonds. The third kappa shape index (κ3) is 3.61. The van der Waals surface area contributed by atoms with Crippen LogP contribution in [-0.4, -0.2) is 27.2 Å². The smallest absolute Gasteiger partial charge is 0.314 e. The third-order valence-corrected chi connectivity index (χ3v) is 7.21. The van der Waals surface area contributed by atoms with Gasteiger partial charge in [0.25, 0.3) is 0 Å². The molecule has 3 fully saturated rings. The van der Waals surface area contributed by atoms with E-state index in [0.29, 0.717) is 31.6 Å². The first-order valence-corrected chi connectivity index (χ1v) is 11.1. The predicted octanol–water partition coefficient (Wildman–Crippen LogP) is 4.51. The van der Waals surface area contributed by atoms with Crippen LogP contribution in [0.15, 0.2) is 42.7 Å². The van der Waals surface area contributed by atoms with E-state index in [2.05, 4.69) is 10.8 Å². The van der Waals surface area contributed by atoms with Gasteiger partial charge in [0, 0.05) is 18.9 Å². The van der Waals surface area contributed by atoms with Gasteiger partial charge >= 0.3 is 5.97 Å². The predicted molar refractivity (Wildman–Crippen MR) is 110 cm³/mol. The lowest BCUT2D eigenvalue weighted by Crippen LogP contribution is -2.47. The molecule has 5 nitrogen and oxygen atoms in total. The van der Waals surface area contributed by atoms with Crippen molar-refractivity contribution in [3.63, 3.8) is 0 Å². The van der Waals surface area contributed by atoms with E-state index >= 15 is 0 Å². The molecule has 1 aromatic heterocycles. The number of imidazole rings is 1. The van der Waals surface area contributed by atoms with Crippen molar-refractivity contribution < 1.29 is 14.6 Å². The fraction of sp³-hybridized carbons (Fsp3) is 0.583. The lowest BCUT2D eigenvalue weighted by molar-refractivity contribution is -0.151. The topological polar surface area (TPSA) is 64.3 Å². The van der Waals surface area contributed by atoms with Gasteiger partial charge in [-0.3, -0.25) is 4.79 Å². The number of nitrogens with zero attached hydrogens (tertiary/aromatic N) is 2. The summed E-state index contributed by atoms with van der Waals surface area (Å²) in [6.07, 6.45) is 11.6. The summed E-state index contributed by atoms with van der Waals surface area (Å²) in [6.45, 7) is 1.77. The lowest BCUT2D eigenvalue weighted by Gasteiger charge is -2.44. The van der Waals surface area contributed by atoms with Crippen LogP contribution in [0.5, 0.6) is 0 Å². The molecule has 1 N–H and O–H groups in total. The summed E-state index contributed by atoms with van der Waals surface area (Å²) >= 11 is 0. The van der Waals surface area contributed by atoms with Crippen LogP contribution >= 0.6 is 0 Å². The van der Waals surface area contributed by atoms with Crippen LogP contribution in [-0.2, 0) is 27.1 Å². The van der Waals surface area contributed by atoms with Crippen LogP contribution < -0.4 is 0 Å². The molecular formula is C24H30N2O3. The summed E-state index contributed by atoms with van der Waals surface area (Å²) in [5, 5.41) is 10.2. The van der Waals surface area contributed by atoms with Crippen LogP contribution in [0.3, 0.4) is 0 Å². The Morgan fingerprint density at radius 2 is 1.76 bits per heavy atom. The first-order valence-electron chi connectivity index (χ1n) is 11.1. The zero-order chi connectivity index (χ0) is 19.9. The quantitative estimate of drug-likeness (QED) is 0.715. The van der Waals surface area contributed by atoms with Gasteiger partial charge in [0.05, 0.1) is 12.0 Å². The molecule has 0 atom stereocenters. The zero-order valence-corrected chi connectivity index (χ0v) is 16.9. The summed E-state index contributed by atoms with van der Waals surface area (Å²) in [4.78, 5) is 17.2. The molecule has 154 valence electrons. The van der Waals surface area contributed by atoms with Crippen molar-refractivity contribution in [1.82, 2.24) is 9.55 Å². The van der Waals surface area contributed by atoms with Crippen molar-refractivity contribution in [3.8, 4) is 0 Å². The number of rotatable bonds is 8. The maximum absolute atomic E-state index is 12.4. The second-order valence-corrected chi connectivity index (χ2v) is 9.35. The highest BCUT2D eigenvalue weighted by atomic mass is 16.5. The molecule has 5 heteroatoms. The van der Waals surface area contributed by atoms with E-state index in [0.717, 1.165) is 30.5 Å². The maximum atomic E-state index is 12.4. The average Bonchev–Trinajstić information content (AvgIpc) is 3.67. The van der Waals surface area contributed by atoms with Crippen molar-refractivity contribution in [1.29, 1.82) is 0 Å². The number of hydrogen-bond acceptors (Lipinski definition) is 3. The fourth-order valence-electron chi connectivity index (χ4n) is 4.89. The Kier molecular flexibility index (Phi) is 4.73. The minimum atomic E-state index is -0.832. The number of aromatic nitrogens is 2. The molecule has 1 heterocycles. The molecular weight excluding hydrogens is 364 g/mol. The van der Waals surface area contributed by atoms with E-state index in [1.165, 1.54) is 25.7 Å². The molecule has 1 aromatic carbocycles. The molecule has 0 saturated heterocycles. The summed E-state index contributed by atoms with van der Waals surface area (Å²) in [5.41, 5.74) is -0.388. The monoisotopic (exact) mass is 394 g/mol. The fourth-order valence-corrected chi connectivity index (χ4v) is 4.89. The molecule has 0 spiro atoms. The van der Waals surface area contributed by atoms with Crippen LogP contribution in [0.1, 0.15) is 62.8 Å². The average molecular weight is 395 g/mol. The summed E-state index contributed by atoms with van der Waals surface area (Å²) in [6, 6.07) is 9.74. The van der Waals surface area contributed by atoms with E-state index in [1.807, 2.05) is 36.5 Å². The van der Waals surface area contributed by atoms with E-state index < -0.39 is 17.0 Å². The number of aliphatic carboxylic acids is 1. The first-order chi connectivity index (χ1) is 14.1. The minimum Gasteiger partial charge on any atom is -0.481 e. The highest BCUT2D eigenvalue weighted by Crippen LogP contribution is 2.50. The van der Waals surface area contributed by atoms with Crippen LogP contribution in [0.4, 0.5) is 0 Å². The summed E-state index contributed by atoms with van der Waals surface area (Å²) < 4.78 is 8.89. The molecule has 0 bridgehead atoms. The number of carboxylic acids is 1. The van der Waals surface area contributed by atoms with Crippen LogP contribution in [0.2, 0.25) is 0 Å². The van der Waals surface area contributed by atoms with Crippen molar-refractivity contribution in [2.75, 3.05) is 6.61 Å². The van der Waals surface area contributed by atoms with Crippen LogP contribution in [0, 0.1) is 11.8 Å². The standard InChI is InChI=1S/C24H30N2O3/c27-22(28)23(20-4-2-1-3-5-20)10-12-24(13-11-23,29-17-19-8-9-19)21-25-14-15-26(21)16-18-6-7-18/h1-5,14-15,18-19H,6-13,16-17H2,(H,27,28)/t23-,24+. The number of benzene rings is 1. The third-order valence-electron chi connectivity index (χ3n) is 7.21. The van der Waals surface area contributed by atoms with Gasteiger partial charge in [0.2, 0.25) is 0 Å². The lowest BCUT2D eigenvalue weighted by atomic mass is 9.65.